The highest BCUT2D eigenvalue weighted by Gasteiger charge is 2.37. The molecule has 134 valence electrons. The highest BCUT2D eigenvalue weighted by atomic mass is 32.2. The van der Waals surface area contributed by atoms with Crippen LogP contribution in [0.3, 0.4) is 0 Å². The summed E-state index contributed by atoms with van der Waals surface area (Å²) in [5.74, 6) is 0.0396. The van der Waals surface area contributed by atoms with Crippen LogP contribution in [0.5, 0.6) is 11.5 Å². The fourth-order valence-electron chi connectivity index (χ4n) is 2.75. The number of para-hydroxylation sites is 1. The number of aromatic hydroxyl groups is 1. The highest BCUT2D eigenvalue weighted by Crippen LogP contribution is 2.38. The van der Waals surface area contributed by atoms with Crippen molar-refractivity contribution in [3.05, 3.63) is 58.5 Å². The molecule has 2 aromatic rings. The SMILES string of the molecule is CCOc1cc(/C=C2\SC(=O)N(c3ccccc3CC)C2=O)ccc1O. The fraction of sp³-hybridized carbons (Fsp3) is 0.200. The molecule has 1 fully saturated rings. The van der Waals surface area contributed by atoms with Crippen molar-refractivity contribution in [1.29, 1.82) is 0 Å². The van der Waals surface area contributed by atoms with E-state index < -0.39 is 0 Å². The van der Waals surface area contributed by atoms with Crippen LogP contribution in [-0.2, 0) is 11.2 Å². The van der Waals surface area contributed by atoms with Gasteiger partial charge in [0, 0.05) is 0 Å². The van der Waals surface area contributed by atoms with Crippen LogP contribution in [0.4, 0.5) is 10.5 Å². The van der Waals surface area contributed by atoms with Crippen LogP contribution in [0.15, 0.2) is 47.4 Å². The van der Waals surface area contributed by atoms with Gasteiger partial charge in [-0.25, -0.2) is 4.90 Å². The zero-order valence-electron chi connectivity index (χ0n) is 14.6. The van der Waals surface area contributed by atoms with E-state index in [2.05, 4.69) is 0 Å². The van der Waals surface area contributed by atoms with Crippen LogP contribution in [-0.4, -0.2) is 22.9 Å². The summed E-state index contributed by atoms with van der Waals surface area (Å²) in [6, 6.07) is 12.2. The number of carbonyl (C=O) groups is 2. The predicted octanol–water partition coefficient (Wildman–Crippen LogP) is 4.59. The number of thioether (sulfide) groups is 1. The molecule has 1 aliphatic heterocycles. The summed E-state index contributed by atoms with van der Waals surface area (Å²) in [6.07, 6.45) is 2.37. The van der Waals surface area contributed by atoms with E-state index in [0.717, 1.165) is 23.7 Å². The number of ether oxygens (including phenoxy) is 1. The van der Waals surface area contributed by atoms with E-state index in [1.54, 1.807) is 24.3 Å². The summed E-state index contributed by atoms with van der Waals surface area (Å²) in [5.41, 5.74) is 2.25. The minimum absolute atomic E-state index is 0.0361. The number of aryl methyl sites for hydroxylation is 1. The number of rotatable bonds is 5. The Morgan fingerprint density at radius 3 is 2.65 bits per heavy atom. The van der Waals surface area contributed by atoms with E-state index >= 15 is 0 Å². The molecule has 3 rings (SSSR count). The maximum absolute atomic E-state index is 12.8. The average Bonchev–Trinajstić information content (AvgIpc) is 2.91. The minimum atomic E-state index is -0.341. The summed E-state index contributed by atoms with van der Waals surface area (Å²) in [4.78, 5) is 26.8. The molecule has 6 heteroatoms. The molecule has 0 spiro atoms. The summed E-state index contributed by atoms with van der Waals surface area (Å²) in [5, 5.41) is 9.48. The summed E-state index contributed by atoms with van der Waals surface area (Å²) >= 11 is 0.909. The number of amides is 2. The van der Waals surface area contributed by atoms with Crippen molar-refractivity contribution in [1.82, 2.24) is 0 Å². The number of phenolic OH excluding ortho intramolecular Hbond substituents is 1. The fourth-order valence-corrected chi connectivity index (χ4v) is 3.58. The van der Waals surface area contributed by atoms with Crippen molar-refractivity contribution >= 4 is 34.7 Å². The summed E-state index contributed by atoms with van der Waals surface area (Å²) in [7, 11) is 0. The summed E-state index contributed by atoms with van der Waals surface area (Å²) < 4.78 is 5.36. The van der Waals surface area contributed by atoms with E-state index in [4.69, 9.17) is 4.74 Å². The number of carbonyl (C=O) groups excluding carboxylic acids is 2. The number of benzene rings is 2. The standard InChI is InChI=1S/C20H19NO4S/c1-3-14-7-5-6-8-15(14)21-19(23)18(26-20(21)24)12-13-9-10-16(22)17(11-13)25-4-2/h5-12,22H,3-4H2,1-2H3/b18-12-. The van der Waals surface area contributed by atoms with Gasteiger partial charge in [0.05, 0.1) is 17.2 Å². The molecule has 2 aromatic carbocycles. The largest absolute Gasteiger partial charge is 0.504 e. The second-order valence-corrected chi connectivity index (χ2v) is 6.65. The number of imide groups is 1. The molecular weight excluding hydrogens is 350 g/mol. The van der Waals surface area contributed by atoms with Crippen molar-refractivity contribution in [2.24, 2.45) is 0 Å². The Hall–Kier alpha value is -2.73. The number of hydrogen-bond acceptors (Lipinski definition) is 5. The van der Waals surface area contributed by atoms with Gasteiger partial charge in [-0.15, -0.1) is 0 Å². The van der Waals surface area contributed by atoms with E-state index in [-0.39, 0.29) is 16.9 Å². The normalized spacial score (nSPS) is 15.8. The molecule has 26 heavy (non-hydrogen) atoms. The maximum atomic E-state index is 12.8. The number of nitrogens with zero attached hydrogens (tertiary/aromatic N) is 1. The van der Waals surface area contributed by atoms with Gasteiger partial charge in [-0.1, -0.05) is 31.2 Å². The molecule has 0 unspecified atom stereocenters. The first-order chi connectivity index (χ1) is 12.5. The first kappa shape index (κ1) is 18.1. The molecule has 5 nitrogen and oxygen atoms in total. The third-order valence-electron chi connectivity index (χ3n) is 3.99. The lowest BCUT2D eigenvalue weighted by Crippen LogP contribution is -2.28. The number of hydrogen-bond donors (Lipinski definition) is 1. The third-order valence-corrected chi connectivity index (χ3v) is 4.86. The monoisotopic (exact) mass is 369 g/mol. The zero-order chi connectivity index (χ0) is 18.7. The first-order valence-electron chi connectivity index (χ1n) is 8.36. The van der Waals surface area contributed by atoms with Crippen molar-refractivity contribution < 1.29 is 19.4 Å². The molecule has 0 aromatic heterocycles. The van der Waals surface area contributed by atoms with E-state index in [1.165, 1.54) is 11.0 Å². The second-order valence-electron chi connectivity index (χ2n) is 5.66. The Kier molecular flexibility index (Phi) is 5.32. The van der Waals surface area contributed by atoms with Crippen LogP contribution >= 0.6 is 11.8 Å². The molecule has 1 aliphatic rings. The molecule has 1 N–H and O–H groups in total. The van der Waals surface area contributed by atoms with E-state index in [1.807, 2.05) is 32.0 Å². The lowest BCUT2D eigenvalue weighted by molar-refractivity contribution is -0.113. The predicted molar refractivity (Wildman–Crippen MR) is 104 cm³/mol. The van der Waals surface area contributed by atoms with Crippen LogP contribution in [0, 0.1) is 0 Å². The smallest absolute Gasteiger partial charge is 0.298 e. The van der Waals surface area contributed by atoms with Crippen molar-refractivity contribution in [2.75, 3.05) is 11.5 Å². The van der Waals surface area contributed by atoms with Gasteiger partial charge in [-0.05, 0) is 60.5 Å². The van der Waals surface area contributed by atoms with E-state index in [0.29, 0.717) is 28.5 Å². The van der Waals surface area contributed by atoms with Gasteiger partial charge in [0.25, 0.3) is 11.1 Å². The Labute approximate surface area is 156 Å². The minimum Gasteiger partial charge on any atom is -0.504 e. The number of anilines is 1. The van der Waals surface area contributed by atoms with Gasteiger partial charge in [0.1, 0.15) is 0 Å². The van der Waals surface area contributed by atoms with Crippen LogP contribution < -0.4 is 9.64 Å². The van der Waals surface area contributed by atoms with Crippen molar-refractivity contribution in [3.8, 4) is 11.5 Å². The Morgan fingerprint density at radius 2 is 1.92 bits per heavy atom. The zero-order valence-corrected chi connectivity index (χ0v) is 15.4. The molecule has 0 bridgehead atoms. The molecule has 1 saturated heterocycles. The quantitative estimate of drug-likeness (QED) is 0.781. The Balaban J connectivity index is 1.94. The van der Waals surface area contributed by atoms with Gasteiger partial charge in [-0.2, -0.15) is 0 Å². The molecule has 0 atom stereocenters. The average molecular weight is 369 g/mol. The lowest BCUT2D eigenvalue weighted by Gasteiger charge is -2.16. The van der Waals surface area contributed by atoms with Crippen LogP contribution in [0.25, 0.3) is 6.08 Å². The van der Waals surface area contributed by atoms with Gasteiger partial charge in [0.2, 0.25) is 0 Å². The maximum Gasteiger partial charge on any atom is 0.298 e. The third kappa shape index (κ3) is 3.46. The summed E-state index contributed by atoms with van der Waals surface area (Å²) in [6.45, 7) is 4.23. The van der Waals surface area contributed by atoms with Crippen LogP contribution in [0.1, 0.15) is 25.0 Å². The van der Waals surface area contributed by atoms with Crippen molar-refractivity contribution in [3.63, 3.8) is 0 Å². The molecule has 2 amide bonds. The Morgan fingerprint density at radius 1 is 1.15 bits per heavy atom. The molecule has 0 radical (unpaired) electrons. The Bertz CT molecular complexity index is 891. The van der Waals surface area contributed by atoms with Gasteiger partial charge >= 0.3 is 0 Å². The molecule has 0 saturated carbocycles. The number of phenols is 1. The van der Waals surface area contributed by atoms with Gasteiger partial charge in [0.15, 0.2) is 11.5 Å². The van der Waals surface area contributed by atoms with Gasteiger partial charge < -0.3 is 9.84 Å². The molecule has 1 heterocycles. The lowest BCUT2D eigenvalue weighted by atomic mass is 10.1. The van der Waals surface area contributed by atoms with Crippen molar-refractivity contribution in [2.45, 2.75) is 20.3 Å². The second kappa shape index (κ2) is 7.66. The molecular formula is C20H19NO4S. The highest BCUT2D eigenvalue weighted by molar-refractivity contribution is 8.19. The topological polar surface area (TPSA) is 66.8 Å². The van der Waals surface area contributed by atoms with Crippen LogP contribution in [0.2, 0.25) is 0 Å². The first-order valence-corrected chi connectivity index (χ1v) is 9.18. The van der Waals surface area contributed by atoms with E-state index in [9.17, 15) is 14.7 Å². The molecule has 0 aliphatic carbocycles. The van der Waals surface area contributed by atoms with Gasteiger partial charge in [-0.3, -0.25) is 9.59 Å².